The van der Waals surface area contributed by atoms with Gasteiger partial charge in [0, 0.05) is 12.5 Å². The van der Waals surface area contributed by atoms with Crippen molar-refractivity contribution in [2.24, 2.45) is 0 Å². The summed E-state index contributed by atoms with van der Waals surface area (Å²) in [5.41, 5.74) is 1.42. The van der Waals surface area contributed by atoms with Crippen molar-refractivity contribution in [1.29, 1.82) is 0 Å². The Labute approximate surface area is 184 Å². The number of ether oxygens (including phenoxy) is 2. The van der Waals surface area contributed by atoms with E-state index in [1.54, 1.807) is 12.1 Å². The topological polar surface area (TPSA) is 82.1 Å². The van der Waals surface area contributed by atoms with Crippen molar-refractivity contribution in [3.8, 4) is 11.5 Å². The standard InChI is InChI=1S/C24H30O6Si/c1-17(25)29-22(23(26)27)15-19-14-20(30-31(5,6)24(2,3)4)12-13-21(19)28-16-18-10-8-7-9-11-18/h7-15H,16H2,1-6H3,(H,26,27)/b22-15+. The van der Waals surface area contributed by atoms with Crippen molar-refractivity contribution in [3.05, 3.63) is 65.4 Å². The third-order valence-corrected chi connectivity index (χ3v) is 9.51. The number of esters is 1. The fourth-order valence-corrected chi connectivity index (χ4v) is 3.47. The lowest BCUT2D eigenvalue weighted by Gasteiger charge is -2.36. The van der Waals surface area contributed by atoms with Gasteiger partial charge >= 0.3 is 11.9 Å². The maximum absolute atomic E-state index is 11.6. The predicted octanol–water partition coefficient (Wildman–Crippen LogP) is 5.64. The molecule has 1 N–H and O–H groups in total. The maximum Gasteiger partial charge on any atom is 0.371 e. The summed E-state index contributed by atoms with van der Waals surface area (Å²) in [7, 11) is -2.11. The molecule has 0 heterocycles. The number of hydrogen-bond acceptors (Lipinski definition) is 5. The van der Waals surface area contributed by atoms with Crippen molar-refractivity contribution in [2.45, 2.75) is 52.4 Å². The second-order valence-corrected chi connectivity index (χ2v) is 13.5. The molecule has 7 heteroatoms. The van der Waals surface area contributed by atoms with Gasteiger partial charge in [-0.2, -0.15) is 0 Å². The molecule has 0 fully saturated rings. The number of carbonyl (C=O) groups excluding carboxylic acids is 1. The van der Waals surface area contributed by atoms with Crippen LogP contribution in [-0.4, -0.2) is 25.4 Å². The van der Waals surface area contributed by atoms with Crippen LogP contribution in [0.1, 0.15) is 38.8 Å². The van der Waals surface area contributed by atoms with Crippen molar-refractivity contribution in [3.63, 3.8) is 0 Å². The molecule has 0 amide bonds. The summed E-state index contributed by atoms with van der Waals surface area (Å²) in [6, 6.07) is 14.9. The molecule has 0 saturated heterocycles. The minimum absolute atomic E-state index is 0.00451. The van der Waals surface area contributed by atoms with Gasteiger partial charge in [-0.1, -0.05) is 51.1 Å². The van der Waals surface area contributed by atoms with Crippen LogP contribution in [0.15, 0.2) is 54.3 Å². The molecular weight excluding hydrogens is 412 g/mol. The van der Waals surface area contributed by atoms with Crippen LogP contribution in [0.3, 0.4) is 0 Å². The van der Waals surface area contributed by atoms with Crippen LogP contribution < -0.4 is 9.16 Å². The average Bonchev–Trinajstić information content (AvgIpc) is 2.66. The largest absolute Gasteiger partial charge is 0.543 e. The molecular formula is C24H30O6Si. The predicted molar refractivity (Wildman–Crippen MR) is 122 cm³/mol. The lowest BCUT2D eigenvalue weighted by Crippen LogP contribution is -2.43. The van der Waals surface area contributed by atoms with Crippen LogP contribution in [0.5, 0.6) is 11.5 Å². The number of hydrogen-bond donors (Lipinski definition) is 1. The van der Waals surface area contributed by atoms with Crippen molar-refractivity contribution < 1.29 is 28.6 Å². The van der Waals surface area contributed by atoms with Crippen LogP contribution in [0.2, 0.25) is 18.1 Å². The highest BCUT2D eigenvalue weighted by Crippen LogP contribution is 2.38. The molecule has 0 radical (unpaired) electrons. The highest BCUT2D eigenvalue weighted by molar-refractivity contribution is 6.74. The van der Waals surface area contributed by atoms with Gasteiger partial charge in [0.25, 0.3) is 0 Å². The summed E-state index contributed by atoms with van der Waals surface area (Å²) in [5.74, 6) is -1.48. The molecule has 2 aromatic carbocycles. The van der Waals surface area contributed by atoms with Crippen molar-refractivity contribution in [1.82, 2.24) is 0 Å². The SMILES string of the molecule is CC(=O)O/C(=C/c1cc(O[Si](C)(C)C(C)(C)C)ccc1OCc1ccccc1)C(=O)O. The van der Waals surface area contributed by atoms with Crippen LogP contribution in [-0.2, 0) is 20.9 Å². The van der Waals surface area contributed by atoms with Gasteiger partial charge in [-0.25, -0.2) is 4.79 Å². The highest BCUT2D eigenvalue weighted by Gasteiger charge is 2.39. The first-order valence-corrected chi connectivity index (χ1v) is 12.9. The van der Waals surface area contributed by atoms with E-state index in [1.807, 2.05) is 36.4 Å². The molecule has 0 unspecified atom stereocenters. The Morgan fingerprint density at radius 2 is 1.71 bits per heavy atom. The zero-order valence-corrected chi connectivity index (χ0v) is 19.9. The lowest BCUT2D eigenvalue weighted by atomic mass is 10.1. The fraction of sp³-hybridized carbons (Fsp3) is 0.333. The molecule has 6 nitrogen and oxygen atoms in total. The maximum atomic E-state index is 11.6. The Morgan fingerprint density at radius 1 is 1.06 bits per heavy atom. The highest BCUT2D eigenvalue weighted by atomic mass is 28.4. The molecule has 0 aliphatic heterocycles. The number of carboxylic acids is 1. The number of rotatable bonds is 8. The smallest absolute Gasteiger partial charge is 0.371 e. The van der Waals surface area contributed by atoms with Gasteiger partial charge < -0.3 is 19.0 Å². The molecule has 0 aliphatic carbocycles. The van der Waals surface area contributed by atoms with Gasteiger partial charge in [0.05, 0.1) is 0 Å². The van der Waals surface area contributed by atoms with E-state index in [4.69, 9.17) is 13.9 Å². The van der Waals surface area contributed by atoms with Gasteiger partial charge in [0.1, 0.15) is 18.1 Å². The minimum Gasteiger partial charge on any atom is -0.543 e. The van der Waals surface area contributed by atoms with E-state index in [9.17, 15) is 14.7 Å². The molecule has 0 bridgehead atoms. The third kappa shape index (κ3) is 6.99. The van der Waals surface area contributed by atoms with E-state index < -0.39 is 26.0 Å². The second-order valence-electron chi connectivity index (χ2n) is 8.74. The van der Waals surface area contributed by atoms with Gasteiger partial charge in [-0.05, 0) is 48.0 Å². The van der Waals surface area contributed by atoms with E-state index >= 15 is 0 Å². The normalized spacial score (nSPS) is 12.3. The van der Waals surface area contributed by atoms with Gasteiger partial charge in [0.2, 0.25) is 14.1 Å². The van der Waals surface area contributed by atoms with E-state index in [0.717, 1.165) is 12.5 Å². The first-order valence-electron chi connectivity index (χ1n) is 10.0. The summed E-state index contributed by atoms with van der Waals surface area (Å²) in [6.07, 6.45) is 1.28. The number of carbonyl (C=O) groups is 2. The monoisotopic (exact) mass is 442 g/mol. The summed E-state index contributed by atoms with van der Waals surface area (Å²) in [5, 5.41) is 9.43. The lowest BCUT2D eigenvalue weighted by molar-refractivity contribution is -0.146. The summed E-state index contributed by atoms with van der Waals surface area (Å²) in [6.45, 7) is 12.1. The summed E-state index contributed by atoms with van der Waals surface area (Å²) in [4.78, 5) is 22.9. The van der Waals surface area contributed by atoms with E-state index in [-0.39, 0.29) is 5.04 Å². The zero-order valence-electron chi connectivity index (χ0n) is 18.9. The Bertz CT molecular complexity index is 958. The number of benzene rings is 2. The van der Waals surface area contributed by atoms with Crippen LogP contribution in [0.25, 0.3) is 6.08 Å². The molecule has 0 spiro atoms. The zero-order chi connectivity index (χ0) is 23.2. The Kier molecular flexibility index (Phi) is 7.68. The van der Waals surface area contributed by atoms with Crippen molar-refractivity contribution >= 4 is 26.3 Å². The van der Waals surface area contributed by atoms with E-state index in [2.05, 4.69) is 33.9 Å². The average molecular weight is 443 g/mol. The summed E-state index contributed by atoms with van der Waals surface area (Å²) < 4.78 is 17.1. The number of carboxylic acid groups (broad SMARTS) is 1. The molecule has 2 aromatic rings. The van der Waals surface area contributed by atoms with E-state index in [1.165, 1.54) is 6.08 Å². The molecule has 0 aromatic heterocycles. The summed E-state index contributed by atoms with van der Waals surface area (Å²) >= 11 is 0. The Morgan fingerprint density at radius 3 is 2.26 bits per heavy atom. The number of aliphatic carboxylic acids is 1. The molecule has 166 valence electrons. The fourth-order valence-electron chi connectivity index (χ4n) is 2.45. The van der Waals surface area contributed by atoms with Gasteiger partial charge in [-0.15, -0.1) is 0 Å². The van der Waals surface area contributed by atoms with Crippen LogP contribution >= 0.6 is 0 Å². The molecule has 2 rings (SSSR count). The first-order chi connectivity index (χ1) is 14.4. The Hall–Kier alpha value is -3.06. The third-order valence-electron chi connectivity index (χ3n) is 5.15. The second kappa shape index (κ2) is 9.83. The van der Waals surface area contributed by atoms with Gasteiger partial charge in [0.15, 0.2) is 0 Å². The molecule has 0 saturated carbocycles. The first kappa shape index (κ1) is 24.2. The Balaban J connectivity index is 2.44. The van der Waals surface area contributed by atoms with Gasteiger partial charge in [-0.3, -0.25) is 4.79 Å². The van der Waals surface area contributed by atoms with Crippen molar-refractivity contribution in [2.75, 3.05) is 0 Å². The quantitative estimate of drug-likeness (QED) is 0.247. The van der Waals surface area contributed by atoms with Crippen LogP contribution in [0.4, 0.5) is 0 Å². The molecule has 31 heavy (non-hydrogen) atoms. The van der Waals surface area contributed by atoms with Crippen LogP contribution in [0, 0.1) is 0 Å². The molecule has 0 aliphatic rings. The minimum atomic E-state index is -2.11. The van der Waals surface area contributed by atoms with E-state index in [0.29, 0.717) is 23.7 Å². The molecule has 0 atom stereocenters.